The largest absolute Gasteiger partial charge is 0.397 e. The SMILES string of the molecule is CO[Si](OC)(C1C(C)CCCC1C)C(C)(C)C(C)C. The van der Waals surface area contributed by atoms with Crippen LogP contribution in [0.15, 0.2) is 0 Å². The molecule has 2 unspecified atom stereocenters. The molecule has 0 N–H and O–H groups in total. The van der Waals surface area contributed by atoms with Crippen LogP contribution in [0.4, 0.5) is 0 Å². The highest BCUT2D eigenvalue weighted by atomic mass is 28.4. The summed E-state index contributed by atoms with van der Waals surface area (Å²) in [6, 6.07) is 0. The Labute approximate surface area is 121 Å². The van der Waals surface area contributed by atoms with E-state index in [-0.39, 0.29) is 5.04 Å². The van der Waals surface area contributed by atoms with E-state index < -0.39 is 8.56 Å². The van der Waals surface area contributed by atoms with Crippen LogP contribution in [0, 0.1) is 17.8 Å². The summed E-state index contributed by atoms with van der Waals surface area (Å²) in [6.07, 6.45) is 4.01. The summed E-state index contributed by atoms with van der Waals surface area (Å²) in [5.41, 5.74) is 0.605. The molecule has 1 rings (SSSR count). The van der Waals surface area contributed by atoms with Crippen molar-refractivity contribution in [2.24, 2.45) is 17.8 Å². The normalized spacial score (nSPS) is 29.8. The molecule has 0 heterocycles. The zero-order chi connectivity index (χ0) is 14.8. The molecule has 0 aromatic heterocycles. The fraction of sp³-hybridized carbons (Fsp3) is 1.00. The van der Waals surface area contributed by atoms with Crippen LogP contribution in [0.3, 0.4) is 0 Å². The van der Waals surface area contributed by atoms with Crippen LogP contribution < -0.4 is 0 Å². The lowest BCUT2D eigenvalue weighted by molar-refractivity contribution is 0.139. The first-order valence-electron chi connectivity index (χ1n) is 7.84. The molecule has 0 saturated heterocycles. The maximum Gasteiger partial charge on any atom is 0.347 e. The Morgan fingerprint density at radius 1 is 1.00 bits per heavy atom. The number of hydrogen-bond donors (Lipinski definition) is 0. The average molecular weight is 287 g/mol. The van der Waals surface area contributed by atoms with Gasteiger partial charge >= 0.3 is 8.56 Å². The average Bonchev–Trinajstić information content (AvgIpc) is 2.33. The molecule has 1 aliphatic carbocycles. The predicted octanol–water partition coefficient (Wildman–Crippen LogP) is 4.98. The van der Waals surface area contributed by atoms with Crippen molar-refractivity contribution in [2.75, 3.05) is 14.2 Å². The van der Waals surface area contributed by atoms with Crippen molar-refractivity contribution in [3.63, 3.8) is 0 Å². The van der Waals surface area contributed by atoms with Gasteiger partial charge in [-0.25, -0.2) is 0 Å². The molecule has 0 aromatic carbocycles. The van der Waals surface area contributed by atoms with Gasteiger partial charge in [-0.3, -0.25) is 0 Å². The molecular weight excluding hydrogens is 252 g/mol. The van der Waals surface area contributed by atoms with Crippen molar-refractivity contribution in [1.29, 1.82) is 0 Å². The monoisotopic (exact) mass is 286 g/mol. The van der Waals surface area contributed by atoms with Crippen molar-refractivity contribution < 1.29 is 8.85 Å². The van der Waals surface area contributed by atoms with E-state index in [2.05, 4.69) is 41.5 Å². The standard InChI is InChI=1S/C16H34O2Si/c1-12(2)16(5,6)19(17-7,18-8)15-13(3)10-9-11-14(15)4/h12-15H,9-11H2,1-8H3. The second-order valence-electron chi connectivity index (χ2n) is 7.36. The molecule has 0 amide bonds. The van der Waals surface area contributed by atoms with Crippen molar-refractivity contribution in [3.8, 4) is 0 Å². The molecule has 1 aliphatic rings. The van der Waals surface area contributed by atoms with E-state index in [1.165, 1.54) is 19.3 Å². The Morgan fingerprint density at radius 2 is 1.42 bits per heavy atom. The zero-order valence-corrected chi connectivity index (χ0v) is 15.2. The van der Waals surface area contributed by atoms with E-state index in [9.17, 15) is 0 Å². The van der Waals surface area contributed by atoms with Gasteiger partial charge in [0.05, 0.1) is 0 Å². The first-order chi connectivity index (χ1) is 8.74. The summed E-state index contributed by atoms with van der Waals surface area (Å²) in [5, 5.41) is 0.126. The molecule has 114 valence electrons. The smallest absolute Gasteiger partial charge is 0.347 e. The van der Waals surface area contributed by atoms with E-state index in [1.54, 1.807) is 0 Å². The van der Waals surface area contributed by atoms with Gasteiger partial charge in [-0.15, -0.1) is 0 Å². The summed E-state index contributed by atoms with van der Waals surface area (Å²) in [5.74, 6) is 2.00. The lowest BCUT2D eigenvalue weighted by Crippen LogP contribution is -2.59. The number of rotatable bonds is 5. The minimum atomic E-state index is -2.26. The van der Waals surface area contributed by atoms with Gasteiger partial charge in [-0.05, 0) is 17.8 Å². The Bertz CT molecular complexity index is 274. The van der Waals surface area contributed by atoms with Crippen LogP contribution in [0.25, 0.3) is 0 Å². The molecule has 0 radical (unpaired) electrons. The maximum atomic E-state index is 6.21. The van der Waals surface area contributed by atoms with E-state index in [0.717, 1.165) is 0 Å². The van der Waals surface area contributed by atoms with Gasteiger partial charge in [0.1, 0.15) is 0 Å². The molecule has 2 nitrogen and oxygen atoms in total. The van der Waals surface area contributed by atoms with Crippen molar-refractivity contribution in [3.05, 3.63) is 0 Å². The first-order valence-corrected chi connectivity index (χ1v) is 9.74. The zero-order valence-electron chi connectivity index (χ0n) is 14.2. The summed E-state index contributed by atoms with van der Waals surface area (Å²) in [7, 11) is 1.51. The van der Waals surface area contributed by atoms with Gasteiger partial charge < -0.3 is 8.85 Å². The molecule has 0 spiro atoms. The van der Waals surface area contributed by atoms with Crippen LogP contribution >= 0.6 is 0 Å². The van der Waals surface area contributed by atoms with Gasteiger partial charge in [0.15, 0.2) is 0 Å². The van der Waals surface area contributed by atoms with Crippen LogP contribution in [-0.4, -0.2) is 22.8 Å². The lowest BCUT2D eigenvalue weighted by atomic mass is 9.83. The van der Waals surface area contributed by atoms with Crippen molar-refractivity contribution in [2.45, 2.75) is 71.4 Å². The molecular formula is C16H34O2Si. The Morgan fingerprint density at radius 3 is 1.74 bits per heavy atom. The first kappa shape index (κ1) is 17.2. The highest BCUT2D eigenvalue weighted by Gasteiger charge is 2.60. The summed E-state index contributed by atoms with van der Waals surface area (Å²) in [4.78, 5) is 0. The van der Waals surface area contributed by atoms with E-state index in [4.69, 9.17) is 8.85 Å². The van der Waals surface area contributed by atoms with Gasteiger partial charge in [0, 0.05) is 24.8 Å². The topological polar surface area (TPSA) is 18.5 Å². The predicted molar refractivity (Wildman–Crippen MR) is 84.6 cm³/mol. The second kappa shape index (κ2) is 6.27. The fourth-order valence-electron chi connectivity index (χ4n) is 4.14. The van der Waals surface area contributed by atoms with Gasteiger partial charge in [0.2, 0.25) is 0 Å². The van der Waals surface area contributed by atoms with E-state index in [0.29, 0.717) is 23.3 Å². The lowest BCUT2D eigenvalue weighted by Gasteiger charge is -2.53. The molecule has 19 heavy (non-hydrogen) atoms. The third-order valence-corrected chi connectivity index (χ3v) is 11.5. The van der Waals surface area contributed by atoms with Crippen LogP contribution in [0.2, 0.25) is 10.6 Å². The fourth-order valence-corrected chi connectivity index (χ4v) is 9.40. The van der Waals surface area contributed by atoms with Crippen LogP contribution in [0.5, 0.6) is 0 Å². The Kier molecular flexibility index (Phi) is 5.68. The van der Waals surface area contributed by atoms with E-state index >= 15 is 0 Å². The third-order valence-electron chi connectivity index (χ3n) is 5.93. The molecule has 3 heteroatoms. The van der Waals surface area contributed by atoms with Gasteiger partial charge in [-0.1, -0.05) is 60.8 Å². The molecule has 0 aromatic rings. The minimum Gasteiger partial charge on any atom is -0.397 e. The van der Waals surface area contributed by atoms with E-state index in [1.807, 2.05) is 14.2 Å². The van der Waals surface area contributed by atoms with Gasteiger partial charge in [-0.2, -0.15) is 0 Å². The Hall–Kier alpha value is 0.137. The molecule has 0 bridgehead atoms. The van der Waals surface area contributed by atoms with Crippen molar-refractivity contribution >= 4 is 8.56 Å². The van der Waals surface area contributed by atoms with Crippen molar-refractivity contribution in [1.82, 2.24) is 0 Å². The maximum absolute atomic E-state index is 6.21. The van der Waals surface area contributed by atoms with Crippen LogP contribution in [-0.2, 0) is 8.85 Å². The second-order valence-corrected chi connectivity index (χ2v) is 11.5. The minimum absolute atomic E-state index is 0.126. The third kappa shape index (κ3) is 2.79. The highest BCUT2D eigenvalue weighted by Crippen LogP contribution is 2.57. The molecule has 2 atom stereocenters. The van der Waals surface area contributed by atoms with Crippen LogP contribution in [0.1, 0.15) is 60.8 Å². The summed E-state index contributed by atoms with van der Waals surface area (Å²) in [6.45, 7) is 14.1. The Balaban J connectivity index is 3.24. The molecule has 0 aliphatic heterocycles. The molecule has 1 saturated carbocycles. The number of hydrogen-bond acceptors (Lipinski definition) is 2. The molecule has 1 fully saturated rings. The quantitative estimate of drug-likeness (QED) is 0.663. The summed E-state index contributed by atoms with van der Waals surface area (Å²) < 4.78 is 12.4. The highest BCUT2D eigenvalue weighted by molar-refractivity contribution is 6.72. The van der Waals surface area contributed by atoms with Gasteiger partial charge in [0.25, 0.3) is 0 Å². The summed E-state index contributed by atoms with van der Waals surface area (Å²) >= 11 is 0.